The number of amides is 3. The van der Waals surface area contributed by atoms with Gasteiger partial charge in [-0.05, 0) is 18.1 Å². The van der Waals surface area contributed by atoms with E-state index in [9.17, 15) is 9.59 Å². The number of carbonyl (C=O) groups excluding carboxylic acids is 2. The summed E-state index contributed by atoms with van der Waals surface area (Å²) in [7, 11) is 5.08. The van der Waals surface area contributed by atoms with Crippen LogP contribution in [-0.4, -0.2) is 54.4 Å². The number of urea groups is 1. The summed E-state index contributed by atoms with van der Waals surface area (Å²) < 4.78 is 0. The van der Waals surface area contributed by atoms with E-state index in [2.05, 4.69) is 24.1 Å². The van der Waals surface area contributed by atoms with Gasteiger partial charge in [-0.25, -0.2) is 4.79 Å². The van der Waals surface area contributed by atoms with E-state index in [1.807, 2.05) is 0 Å². The van der Waals surface area contributed by atoms with Crippen molar-refractivity contribution in [2.75, 3.05) is 33.0 Å². The lowest BCUT2D eigenvalue weighted by atomic mass is 10.1. The Morgan fingerprint density at radius 3 is 2.57 bits per heavy atom. The second kappa shape index (κ2) is 7.61. The molecule has 0 aliphatic rings. The molecule has 0 aliphatic heterocycles. The average molecular weight is 292 g/mol. The Morgan fingerprint density at radius 1 is 1.33 bits per heavy atom. The molecule has 0 fully saturated rings. The second-order valence-corrected chi connectivity index (χ2v) is 5.45. The summed E-state index contributed by atoms with van der Waals surface area (Å²) in [5, 5.41) is 2.78. The molecule has 0 aliphatic carbocycles. The molecule has 0 saturated heterocycles. The molecule has 116 valence electrons. The Morgan fingerprint density at radius 2 is 2.00 bits per heavy atom. The fourth-order valence-corrected chi connectivity index (χ4v) is 1.75. The molecule has 0 aromatic carbocycles. The standard InChI is InChI=1S/C15H24N4O2/c1-6-11(2)10-19(5)15(21)17-12-7-8-16-13(9-12)14(20)18(3)4/h7-9,11H,6,10H2,1-5H3,(H,16,17,21)/t11-/m1/s1. The predicted octanol–water partition coefficient (Wildman–Crippen LogP) is 2.29. The zero-order valence-electron chi connectivity index (χ0n) is 13.4. The summed E-state index contributed by atoms with van der Waals surface area (Å²) in [6, 6.07) is 3.06. The number of rotatable bonds is 5. The van der Waals surface area contributed by atoms with Crippen molar-refractivity contribution in [3.05, 3.63) is 24.0 Å². The van der Waals surface area contributed by atoms with Crippen LogP contribution >= 0.6 is 0 Å². The minimum atomic E-state index is -0.195. The highest BCUT2D eigenvalue weighted by Crippen LogP contribution is 2.11. The Hall–Kier alpha value is -2.11. The van der Waals surface area contributed by atoms with E-state index in [1.165, 1.54) is 11.1 Å². The first-order valence-corrected chi connectivity index (χ1v) is 7.05. The summed E-state index contributed by atoms with van der Waals surface area (Å²) in [5.41, 5.74) is 0.874. The first kappa shape index (κ1) is 16.9. The molecule has 1 aromatic heterocycles. The highest BCUT2D eigenvalue weighted by atomic mass is 16.2. The third kappa shape index (κ3) is 5.06. The number of aromatic nitrogens is 1. The van der Waals surface area contributed by atoms with E-state index in [1.54, 1.807) is 38.2 Å². The first-order valence-electron chi connectivity index (χ1n) is 7.05. The number of pyridine rings is 1. The van der Waals surface area contributed by atoms with Crippen LogP contribution in [0.2, 0.25) is 0 Å². The molecule has 21 heavy (non-hydrogen) atoms. The molecule has 1 aromatic rings. The van der Waals surface area contributed by atoms with Crippen molar-refractivity contribution in [1.29, 1.82) is 0 Å². The van der Waals surface area contributed by atoms with Crippen LogP contribution in [0.3, 0.4) is 0 Å². The topological polar surface area (TPSA) is 65.5 Å². The highest BCUT2D eigenvalue weighted by molar-refractivity contribution is 5.94. The zero-order chi connectivity index (χ0) is 16.0. The normalized spacial score (nSPS) is 11.7. The summed E-state index contributed by atoms with van der Waals surface area (Å²) in [4.78, 5) is 31.0. The molecule has 1 rings (SSSR count). The Kier molecular flexibility index (Phi) is 6.14. The minimum Gasteiger partial charge on any atom is -0.343 e. The maximum atomic E-state index is 12.1. The zero-order valence-corrected chi connectivity index (χ0v) is 13.4. The largest absolute Gasteiger partial charge is 0.343 e. The number of hydrogen-bond donors (Lipinski definition) is 1. The molecule has 0 saturated carbocycles. The van der Waals surface area contributed by atoms with E-state index in [4.69, 9.17) is 0 Å². The van der Waals surface area contributed by atoms with E-state index in [0.29, 0.717) is 23.8 Å². The molecule has 1 heterocycles. The van der Waals surface area contributed by atoms with Gasteiger partial charge < -0.3 is 15.1 Å². The van der Waals surface area contributed by atoms with Gasteiger partial charge in [-0.15, -0.1) is 0 Å². The molecular formula is C15H24N4O2. The van der Waals surface area contributed by atoms with Crippen LogP contribution in [0.5, 0.6) is 0 Å². The lowest BCUT2D eigenvalue weighted by Gasteiger charge is -2.21. The fraction of sp³-hybridized carbons (Fsp3) is 0.533. The van der Waals surface area contributed by atoms with Gasteiger partial charge in [-0.2, -0.15) is 0 Å². The van der Waals surface area contributed by atoms with Gasteiger partial charge in [0, 0.05) is 39.6 Å². The molecule has 3 amide bonds. The van der Waals surface area contributed by atoms with Crippen molar-refractivity contribution in [1.82, 2.24) is 14.8 Å². The number of anilines is 1. The molecule has 0 spiro atoms. The Bertz CT molecular complexity index is 502. The van der Waals surface area contributed by atoms with Crippen molar-refractivity contribution in [2.24, 2.45) is 5.92 Å². The van der Waals surface area contributed by atoms with Crippen molar-refractivity contribution >= 4 is 17.6 Å². The summed E-state index contributed by atoms with van der Waals surface area (Å²) in [6.07, 6.45) is 2.54. The molecule has 1 atom stereocenters. The van der Waals surface area contributed by atoms with Crippen LogP contribution < -0.4 is 5.32 Å². The van der Waals surface area contributed by atoms with Gasteiger partial charge in [-0.1, -0.05) is 20.3 Å². The highest BCUT2D eigenvalue weighted by Gasteiger charge is 2.14. The summed E-state index contributed by atoms with van der Waals surface area (Å²) in [6.45, 7) is 4.89. The lowest BCUT2D eigenvalue weighted by molar-refractivity contribution is 0.0822. The molecule has 0 unspecified atom stereocenters. The van der Waals surface area contributed by atoms with Crippen molar-refractivity contribution in [3.8, 4) is 0 Å². The minimum absolute atomic E-state index is 0.190. The van der Waals surface area contributed by atoms with E-state index < -0.39 is 0 Å². The van der Waals surface area contributed by atoms with Gasteiger partial charge in [0.1, 0.15) is 5.69 Å². The average Bonchev–Trinajstić information content (AvgIpc) is 2.46. The van der Waals surface area contributed by atoms with Gasteiger partial charge in [0.2, 0.25) is 0 Å². The van der Waals surface area contributed by atoms with Crippen molar-refractivity contribution in [3.63, 3.8) is 0 Å². The molecule has 6 heteroatoms. The van der Waals surface area contributed by atoms with Crippen LogP contribution in [0.1, 0.15) is 30.8 Å². The van der Waals surface area contributed by atoms with Crippen LogP contribution in [0.15, 0.2) is 18.3 Å². The SMILES string of the molecule is CC[C@@H](C)CN(C)C(=O)Nc1ccnc(C(=O)N(C)C)c1. The monoisotopic (exact) mass is 292 g/mol. The number of nitrogens with one attached hydrogen (secondary N) is 1. The molecular weight excluding hydrogens is 268 g/mol. The Balaban J connectivity index is 2.72. The third-order valence-corrected chi connectivity index (χ3v) is 3.27. The molecule has 1 N–H and O–H groups in total. The van der Waals surface area contributed by atoms with Crippen molar-refractivity contribution < 1.29 is 9.59 Å². The molecule has 0 bridgehead atoms. The smallest absolute Gasteiger partial charge is 0.321 e. The van der Waals surface area contributed by atoms with E-state index in [0.717, 1.165) is 6.42 Å². The first-order chi connectivity index (χ1) is 9.85. The quantitative estimate of drug-likeness (QED) is 0.905. The fourth-order valence-electron chi connectivity index (χ4n) is 1.75. The van der Waals surface area contributed by atoms with Crippen molar-refractivity contribution in [2.45, 2.75) is 20.3 Å². The molecule has 6 nitrogen and oxygen atoms in total. The summed E-state index contributed by atoms with van der Waals surface area (Å²) in [5.74, 6) is 0.253. The van der Waals surface area contributed by atoms with Gasteiger partial charge >= 0.3 is 6.03 Å². The van der Waals surface area contributed by atoms with Gasteiger partial charge in [0.15, 0.2) is 0 Å². The van der Waals surface area contributed by atoms with Gasteiger partial charge in [-0.3, -0.25) is 9.78 Å². The van der Waals surface area contributed by atoms with Crippen LogP contribution in [0.4, 0.5) is 10.5 Å². The third-order valence-electron chi connectivity index (χ3n) is 3.27. The predicted molar refractivity (Wildman–Crippen MR) is 83.4 cm³/mol. The number of carbonyl (C=O) groups is 2. The number of nitrogens with zero attached hydrogens (tertiary/aromatic N) is 3. The Labute approximate surface area is 126 Å². The van der Waals surface area contributed by atoms with E-state index in [-0.39, 0.29) is 11.9 Å². The van der Waals surface area contributed by atoms with E-state index >= 15 is 0 Å². The van der Waals surface area contributed by atoms with Gasteiger partial charge in [0.25, 0.3) is 5.91 Å². The van der Waals surface area contributed by atoms with Crippen LogP contribution in [0.25, 0.3) is 0 Å². The van der Waals surface area contributed by atoms with Crippen LogP contribution in [0, 0.1) is 5.92 Å². The van der Waals surface area contributed by atoms with Crippen LogP contribution in [-0.2, 0) is 0 Å². The lowest BCUT2D eigenvalue weighted by Crippen LogP contribution is -2.34. The second-order valence-electron chi connectivity index (χ2n) is 5.45. The summed E-state index contributed by atoms with van der Waals surface area (Å²) >= 11 is 0. The molecule has 0 radical (unpaired) electrons. The van der Waals surface area contributed by atoms with Gasteiger partial charge in [0.05, 0.1) is 0 Å². The maximum absolute atomic E-state index is 12.1. The maximum Gasteiger partial charge on any atom is 0.321 e. The number of hydrogen-bond acceptors (Lipinski definition) is 3.